The molecule has 5 nitrogen and oxygen atoms in total. The van der Waals surface area contributed by atoms with E-state index < -0.39 is 0 Å². The Balaban J connectivity index is 1.57. The van der Waals surface area contributed by atoms with Crippen molar-refractivity contribution in [3.05, 3.63) is 44.8 Å². The van der Waals surface area contributed by atoms with Crippen molar-refractivity contribution >= 4 is 38.9 Å². The molecule has 0 saturated carbocycles. The minimum Gasteiger partial charge on any atom is -0.369 e. The van der Waals surface area contributed by atoms with Crippen LogP contribution in [-0.4, -0.2) is 36.6 Å². The van der Waals surface area contributed by atoms with Gasteiger partial charge in [-0.15, -0.1) is 11.3 Å². The first-order valence-electron chi connectivity index (χ1n) is 9.16. The molecule has 3 rings (SSSR count). The molecule has 2 aromatic rings. The second-order valence-corrected chi connectivity index (χ2v) is 8.19. The molecule has 2 N–H and O–H groups in total. The molecular formula is C19H26BrN5S. The number of hydrogen-bond acceptors (Lipinski definition) is 4. The molecule has 0 spiro atoms. The molecule has 0 radical (unpaired) electrons. The highest BCUT2D eigenvalue weighted by Crippen LogP contribution is 2.22. The zero-order chi connectivity index (χ0) is 18.4. The molecule has 2 heterocycles. The number of guanidine groups is 1. The Morgan fingerprint density at radius 1 is 1.35 bits per heavy atom. The number of nitrogens with one attached hydrogen (secondary N) is 2. The highest BCUT2D eigenvalue weighted by Gasteiger charge is 2.23. The Labute approximate surface area is 168 Å². The van der Waals surface area contributed by atoms with Crippen molar-refractivity contribution in [3.8, 4) is 0 Å². The normalized spacial score (nSPS) is 17.6. The van der Waals surface area contributed by atoms with Gasteiger partial charge in [0.15, 0.2) is 5.96 Å². The van der Waals surface area contributed by atoms with Crippen molar-refractivity contribution in [2.24, 2.45) is 4.99 Å². The lowest BCUT2D eigenvalue weighted by atomic mass is 10.3. The second-order valence-electron chi connectivity index (χ2n) is 6.33. The Kier molecular flexibility index (Phi) is 6.91. The first-order chi connectivity index (χ1) is 12.7. The standard InChI is InChI=1S/C19H26BrN5S/c1-3-18-23-16(13-26-18)11-22-19(21-4-2)24-15-9-10-25(12-15)17-7-5-14(20)6-8-17/h5-8,13,15H,3-4,9-12H2,1-2H3,(H2,21,22,24). The molecule has 1 unspecified atom stereocenters. The Bertz CT molecular complexity index is 728. The van der Waals surface area contributed by atoms with Crippen LogP contribution in [0.3, 0.4) is 0 Å². The van der Waals surface area contributed by atoms with Gasteiger partial charge in [-0.3, -0.25) is 0 Å². The lowest BCUT2D eigenvalue weighted by molar-refractivity contribution is 0.649. The van der Waals surface area contributed by atoms with Gasteiger partial charge in [-0.2, -0.15) is 0 Å². The van der Waals surface area contributed by atoms with Gasteiger partial charge in [0, 0.05) is 41.2 Å². The van der Waals surface area contributed by atoms with E-state index in [1.807, 2.05) is 0 Å². The maximum atomic E-state index is 4.72. The topological polar surface area (TPSA) is 52.6 Å². The van der Waals surface area contributed by atoms with Gasteiger partial charge >= 0.3 is 0 Å². The van der Waals surface area contributed by atoms with Gasteiger partial charge < -0.3 is 15.5 Å². The quantitative estimate of drug-likeness (QED) is 0.534. The number of thiazole rings is 1. The first kappa shape index (κ1) is 19.2. The SMILES string of the molecule is CCNC(=NCc1csc(CC)n1)NC1CCN(c2ccc(Br)cc2)C1. The summed E-state index contributed by atoms with van der Waals surface area (Å²) in [6, 6.07) is 8.93. The number of anilines is 1. The van der Waals surface area contributed by atoms with E-state index in [2.05, 4.69) is 79.9 Å². The molecule has 26 heavy (non-hydrogen) atoms. The van der Waals surface area contributed by atoms with E-state index in [0.717, 1.165) is 48.6 Å². The van der Waals surface area contributed by atoms with Crippen molar-refractivity contribution in [3.63, 3.8) is 0 Å². The number of rotatable bonds is 6. The van der Waals surface area contributed by atoms with Crippen molar-refractivity contribution in [2.45, 2.75) is 39.3 Å². The van der Waals surface area contributed by atoms with E-state index in [1.165, 1.54) is 10.7 Å². The average molecular weight is 436 g/mol. The fourth-order valence-electron chi connectivity index (χ4n) is 3.02. The summed E-state index contributed by atoms with van der Waals surface area (Å²) in [5.74, 6) is 0.876. The van der Waals surface area contributed by atoms with Gasteiger partial charge in [0.25, 0.3) is 0 Å². The van der Waals surface area contributed by atoms with Crippen LogP contribution in [0.5, 0.6) is 0 Å². The lowest BCUT2D eigenvalue weighted by Crippen LogP contribution is -2.44. The maximum absolute atomic E-state index is 4.72. The largest absolute Gasteiger partial charge is 0.369 e. The fourth-order valence-corrected chi connectivity index (χ4v) is 4.02. The number of nitrogens with zero attached hydrogens (tertiary/aromatic N) is 3. The third-order valence-corrected chi connectivity index (χ3v) is 5.94. The van der Waals surface area contributed by atoms with Crippen LogP contribution in [-0.2, 0) is 13.0 Å². The summed E-state index contributed by atoms with van der Waals surface area (Å²) in [5.41, 5.74) is 2.32. The van der Waals surface area contributed by atoms with Gasteiger partial charge in [-0.25, -0.2) is 9.98 Å². The summed E-state index contributed by atoms with van der Waals surface area (Å²) < 4.78 is 1.12. The van der Waals surface area contributed by atoms with Gasteiger partial charge in [0.1, 0.15) is 0 Å². The van der Waals surface area contributed by atoms with E-state index in [1.54, 1.807) is 11.3 Å². The van der Waals surface area contributed by atoms with E-state index in [-0.39, 0.29) is 0 Å². The summed E-state index contributed by atoms with van der Waals surface area (Å²) in [5, 5.41) is 10.2. The van der Waals surface area contributed by atoms with E-state index in [4.69, 9.17) is 4.99 Å². The van der Waals surface area contributed by atoms with Crippen LogP contribution in [0.15, 0.2) is 39.1 Å². The number of benzene rings is 1. The van der Waals surface area contributed by atoms with Crippen LogP contribution in [0.25, 0.3) is 0 Å². The fraction of sp³-hybridized carbons (Fsp3) is 0.474. The molecule has 0 bridgehead atoms. The van der Waals surface area contributed by atoms with Crippen LogP contribution >= 0.6 is 27.3 Å². The number of aryl methyl sites for hydroxylation is 1. The smallest absolute Gasteiger partial charge is 0.191 e. The van der Waals surface area contributed by atoms with Crippen LogP contribution in [0.4, 0.5) is 5.69 Å². The molecule has 1 aliphatic rings. The summed E-state index contributed by atoms with van der Waals surface area (Å²) in [4.78, 5) is 11.7. The minimum absolute atomic E-state index is 0.401. The monoisotopic (exact) mass is 435 g/mol. The Morgan fingerprint density at radius 3 is 2.85 bits per heavy atom. The van der Waals surface area contributed by atoms with E-state index in [0.29, 0.717) is 12.6 Å². The Morgan fingerprint density at radius 2 is 2.15 bits per heavy atom. The molecule has 1 fully saturated rings. The van der Waals surface area contributed by atoms with Crippen LogP contribution in [0.1, 0.15) is 31.0 Å². The molecule has 1 aromatic carbocycles. The molecule has 0 aliphatic carbocycles. The van der Waals surface area contributed by atoms with Gasteiger partial charge in [0.05, 0.1) is 17.2 Å². The van der Waals surface area contributed by atoms with Gasteiger partial charge in [-0.1, -0.05) is 22.9 Å². The number of halogens is 1. The molecule has 1 aliphatic heterocycles. The summed E-state index contributed by atoms with van der Waals surface area (Å²) in [6.07, 6.45) is 2.10. The van der Waals surface area contributed by atoms with E-state index in [9.17, 15) is 0 Å². The summed E-state index contributed by atoms with van der Waals surface area (Å²) >= 11 is 5.21. The van der Waals surface area contributed by atoms with Gasteiger partial charge in [-0.05, 0) is 44.0 Å². The molecule has 1 aromatic heterocycles. The third kappa shape index (κ3) is 5.20. The Hall–Kier alpha value is -1.60. The molecule has 1 atom stereocenters. The number of hydrogen-bond donors (Lipinski definition) is 2. The maximum Gasteiger partial charge on any atom is 0.191 e. The highest BCUT2D eigenvalue weighted by molar-refractivity contribution is 9.10. The summed E-state index contributed by atoms with van der Waals surface area (Å²) in [7, 11) is 0. The predicted octanol–water partition coefficient (Wildman–Crippen LogP) is 3.80. The van der Waals surface area contributed by atoms with Crippen molar-refractivity contribution in [2.75, 3.05) is 24.5 Å². The number of aliphatic imine (C=N–C) groups is 1. The van der Waals surface area contributed by atoms with Gasteiger partial charge in [0.2, 0.25) is 0 Å². The van der Waals surface area contributed by atoms with Crippen molar-refractivity contribution in [1.29, 1.82) is 0 Å². The second kappa shape index (κ2) is 9.37. The highest BCUT2D eigenvalue weighted by atomic mass is 79.9. The van der Waals surface area contributed by atoms with Crippen molar-refractivity contribution in [1.82, 2.24) is 15.6 Å². The lowest BCUT2D eigenvalue weighted by Gasteiger charge is -2.20. The zero-order valence-electron chi connectivity index (χ0n) is 15.3. The van der Waals surface area contributed by atoms with E-state index >= 15 is 0 Å². The van der Waals surface area contributed by atoms with Crippen LogP contribution in [0.2, 0.25) is 0 Å². The minimum atomic E-state index is 0.401. The third-order valence-electron chi connectivity index (χ3n) is 4.37. The average Bonchev–Trinajstić information content (AvgIpc) is 3.30. The van der Waals surface area contributed by atoms with Crippen molar-refractivity contribution < 1.29 is 0 Å². The molecule has 140 valence electrons. The first-order valence-corrected chi connectivity index (χ1v) is 10.8. The zero-order valence-corrected chi connectivity index (χ0v) is 17.7. The molecular weight excluding hydrogens is 410 g/mol. The molecule has 1 saturated heterocycles. The number of aromatic nitrogens is 1. The summed E-state index contributed by atoms with van der Waals surface area (Å²) in [6.45, 7) is 7.75. The van der Waals surface area contributed by atoms with Crippen LogP contribution in [0, 0.1) is 0 Å². The molecule has 0 amide bonds. The molecule has 7 heteroatoms. The predicted molar refractivity (Wildman–Crippen MR) is 114 cm³/mol. The van der Waals surface area contributed by atoms with Crippen LogP contribution < -0.4 is 15.5 Å².